The fraction of sp³-hybridized carbons (Fsp3) is 0.0455. The molecule has 6 heteroatoms. The van der Waals surface area contributed by atoms with E-state index in [4.69, 9.17) is 5.73 Å². The lowest BCUT2D eigenvalue weighted by atomic mass is 10.0. The fourth-order valence-corrected chi connectivity index (χ4v) is 3.77. The van der Waals surface area contributed by atoms with E-state index in [-0.39, 0.29) is 0 Å². The Hall–Kier alpha value is -3.93. The highest BCUT2D eigenvalue weighted by molar-refractivity contribution is 6.16. The van der Waals surface area contributed by atoms with Crippen LogP contribution in [0.2, 0.25) is 0 Å². The van der Waals surface area contributed by atoms with E-state index in [1.807, 2.05) is 42.5 Å². The number of para-hydroxylation sites is 1. The third kappa shape index (κ3) is 2.39. The quantitative estimate of drug-likeness (QED) is 0.315. The Morgan fingerprint density at radius 2 is 1.61 bits per heavy atom. The highest BCUT2D eigenvalue weighted by Crippen LogP contribution is 2.40. The number of aliphatic imine (C=N–C) groups is 1. The zero-order valence-electron chi connectivity index (χ0n) is 15.1. The van der Waals surface area contributed by atoms with Gasteiger partial charge < -0.3 is 16.0 Å². The van der Waals surface area contributed by atoms with Gasteiger partial charge in [0.05, 0.1) is 22.4 Å². The van der Waals surface area contributed by atoms with Crippen LogP contribution >= 0.6 is 0 Å². The number of nitrogens with one attached hydrogen (secondary N) is 2. The summed E-state index contributed by atoms with van der Waals surface area (Å²) >= 11 is 0. The van der Waals surface area contributed by atoms with Crippen LogP contribution in [0.4, 0.5) is 17.2 Å². The Labute approximate surface area is 161 Å². The number of nitrogens with two attached hydrogens (primary N) is 1. The van der Waals surface area contributed by atoms with Crippen molar-refractivity contribution in [3.63, 3.8) is 0 Å². The summed E-state index contributed by atoms with van der Waals surface area (Å²) in [5.74, 6) is 0.659. The molecule has 0 saturated heterocycles. The zero-order chi connectivity index (χ0) is 19.1. The van der Waals surface area contributed by atoms with Gasteiger partial charge in [-0.2, -0.15) is 0 Å². The van der Waals surface area contributed by atoms with Gasteiger partial charge in [0.25, 0.3) is 0 Å². The van der Waals surface area contributed by atoms with Crippen molar-refractivity contribution < 1.29 is 0 Å². The Bertz CT molecular complexity index is 1350. The molecule has 3 aromatic heterocycles. The van der Waals surface area contributed by atoms with Gasteiger partial charge in [-0.3, -0.25) is 15.0 Å². The van der Waals surface area contributed by atoms with Crippen LogP contribution in [0, 0.1) is 0 Å². The van der Waals surface area contributed by atoms with Crippen LogP contribution < -0.4 is 11.1 Å². The number of rotatable bonds is 4. The fourth-order valence-electron chi connectivity index (χ4n) is 3.77. The molecular formula is C22H18N6. The highest BCUT2D eigenvalue weighted by Gasteiger charge is 2.16. The van der Waals surface area contributed by atoms with E-state index in [0.717, 1.165) is 49.6 Å². The number of fused-ring (bicyclic) bond motifs is 4. The molecule has 0 saturated carbocycles. The molecule has 0 bridgehead atoms. The van der Waals surface area contributed by atoms with Crippen LogP contribution in [0.5, 0.6) is 0 Å². The molecule has 0 amide bonds. The molecule has 0 aliphatic rings. The van der Waals surface area contributed by atoms with Crippen molar-refractivity contribution in [3.8, 4) is 0 Å². The van der Waals surface area contributed by atoms with Gasteiger partial charge in [0.2, 0.25) is 0 Å². The lowest BCUT2D eigenvalue weighted by Gasteiger charge is -2.15. The number of pyridine rings is 2. The molecule has 0 radical (unpaired) electrons. The Balaban J connectivity index is 1.69. The SMILES string of the molecule is C=Nc1c(NCc2c(N)[nH]c3ccccc23)c2cccnc2c2ncccc12. The largest absolute Gasteiger partial charge is 0.385 e. The van der Waals surface area contributed by atoms with E-state index in [2.05, 4.69) is 38.0 Å². The first-order valence-corrected chi connectivity index (χ1v) is 8.99. The summed E-state index contributed by atoms with van der Waals surface area (Å²) in [6.45, 7) is 4.34. The van der Waals surface area contributed by atoms with E-state index in [1.165, 1.54) is 0 Å². The molecule has 3 heterocycles. The van der Waals surface area contributed by atoms with Gasteiger partial charge in [-0.25, -0.2) is 0 Å². The summed E-state index contributed by atoms with van der Waals surface area (Å²) < 4.78 is 0. The lowest BCUT2D eigenvalue weighted by molar-refractivity contribution is 1.17. The second-order valence-electron chi connectivity index (χ2n) is 6.60. The van der Waals surface area contributed by atoms with E-state index in [1.54, 1.807) is 12.4 Å². The van der Waals surface area contributed by atoms with Crippen LogP contribution in [0.25, 0.3) is 32.7 Å². The van der Waals surface area contributed by atoms with Gasteiger partial charge in [-0.1, -0.05) is 18.2 Å². The minimum atomic E-state index is 0.550. The third-order valence-corrected chi connectivity index (χ3v) is 5.05. The number of aromatic amines is 1. The number of anilines is 2. The molecule has 5 aromatic rings. The van der Waals surface area contributed by atoms with Crippen molar-refractivity contribution >= 4 is 56.6 Å². The van der Waals surface area contributed by atoms with E-state index in [0.29, 0.717) is 12.4 Å². The predicted molar refractivity (Wildman–Crippen MR) is 116 cm³/mol. The second kappa shape index (κ2) is 6.35. The molecule has 28 heavy (non-hydrogen) atoms. The normalized spacial score (nSPS) is 11.3. The zero-order valence-corrected chi connectivity index (χ0v) is 15.1. The van der Waals surface area contributed by atoms with Gasteiger partial charge in [0, 0.05) is 46.2 Å². The van der Waals surface area contributed by atoms with Gasteiger partial charge >= 0.3 is 0 Å². The van der Waals surface area contributed by atoms with Gasteiger partial charge in [0.1, 0.15) is 5.82 Å². The first kappa shape index (κ1) is 16.3. The standard InChI is InChI=1S/C22H18N6/c1-24-18-14-7-4-10-25-20(14)21-15(8-5-11-26-21)19(18)27-12-16-13-6-2-3-9-17(13)28-22(16)23/h2-11,27-28H,1,12,23H2. The number of H-pyrrole nitrogens is 1. The highest BCUT2D eigenvalue weighted by atomic mass is 14.9. The van der Waals surface area contributed by atoms with Crippen LogP contribution in [0.15, 0.2) is 65.9 Å². The van der Waals surface area contributed by atoms with Gasteiger partial charge in [0.15, 0.2) is 0 Å². The summed E-state index contributed by atoms with van der Waals surface area (Å²) in [6, 6.07) is 15.9. The van der Waals surface area contributed by atoms with Gasteiger partial charge in [-0.15, -0.1) is 0 Å². The average molecular weight is 366 g/mol. The topological polar surface area (TPSA) is 92.0 Å². The van der Waals surface area contributed by atoms with Gasteiger partial charge in [-0.05, 0) is 37.0 Å². The lowest BCUT2D eigenvalue weighted by Crippen LogP contribution is -2.03. The van der Waals surface area contributed by atoms with E-state index < -0.39 is 0 Å². The first-order valence-electron chi connectivity index (χ1n) is 8.99. The van der Waals surface area contributed by atoms with Crippen LogP contribution in [-0.2, 0) is 6.54 Å². The maximum atomic E-state index is 6.24. The van der Waals surface area contributed by atoms with E-state index >= 15 is 0 Å². The Morgan fingerprint density at radius 3 is 2.39 bits per heavy atom. The first-order chi connectivity index (χ1) is 13.8. The molecule has 2 aromatic carbocycles. The summed E-state index contributed by atoms with van der Waals surface area (Å²) in [5.41, 5.74) is 11.6. The number of aromatic nitrogens is 3. The summed E-state index contributed by atoms with van der Waals surface area (Å²) in [4.78, 5) is 16.6. The number of hydrogen-bond acceptors (Lipinski definition) is 5. The number of hydrogen-bond donors (Lipinski definition) is 3. The minimum absolute atomic E-state index is 0.550. The molecular weight excluding hydrogens is 348 g/mol. The monoisotopic (exact) mass is 366 g/mol. The van der Waals surface area contributed by atoms with Crippen molar-refractivity contribution in [1.82, 2.24) is 15.0 Å². The van der Waals surface area contributed by atoms with Crippen LogP contribution in [0.1, 0.15) is 5.56 Å². The Morgan fingerprint density at radius 1 is 0.929 bits per heavy atom. The predicted octanol–water partition coefficient (Wildman–Crippen LogP) is 4.79. The summed E-state index contributed by atoms with van der Waals surface area (Å²) in [7, 11) is 0. The summed E-state index contributed by atoms with van der Waals surface area (Å²) in [6.07, 6.45) is 3.54. The van der Waals surface area contributed by atoms with Crippen LogP contribution in [-0.4, -0.2) is 21.7 Å². The maximum Gasteiger partial charge on any atom is 0.106 e. The van der Waals surface area contributed by atoms with Crippen molar-refractivity contribution in [1.29, 1.82) is 0 Å². The third-order valence-electron chi connectivity index (χ3n) is 5.05. The van der Waals surface area contributed by atoms with Crippen molar-refractivity contribution in [3.05, 3.63) is 66.5 Å². The molecule has 0 aliphatic carbocycles. The number of nitrogens with zero attached hydrogens (tertiary/aromatic N) is 3. The summed E-state index contributed by atoms with van der Waals surface area (Å²) in [5, 5.41) is 6.50. The molecule has 0 fully saturated rings. The van der Waals surface area contributed by atoms with E-state index in [9.17, 15) is 0 Å². The maximum absolute atomic E-state index is 6.24. The molecule has 0 aliphatic heterocycles. The average Bonchev–Trinajstić information content (AvgIpc) is 3.06. The second-order valence-corrected chi connectivity index (χ2v) is 6.60. The number of benzene rings is 2. The molecule has 6 nitrogen and oxygen atoms in total. The molecule has 4 N–H and O–H groups in total. The molecule has 136 valence electrons. The van der Waals surface area contributed by atoms with Crippen LogP contribution in [0.3, 0.4) is 0 Å². The number of nitrogen functional groups attached to an aromatic ring is 1. The molecule has 0 atom stereocenters. The molecule has 0 unspecified atom stereocenters. The van der Waals surface area contributed by atoms with Crippen molar-refractivity contribution in [2.45, 2.75) is 6.54 Å². The smallest absolute Gasteiger partial charge is 0.106 e. The Kier molecular flexibility index (Phi) is 3.69. The molecule has 0 spiro atoms. The minimum Gasteiger partial charge on any atom is -0.385 e. The van der Waals surface area contributed by atoms with Crippen molar-refractivity contribution in [2.75, 3.05) is 11.1 Å². The van der Waals surface area contributed by atoms with Crippen molar-refractivity contribution in [2.24, 2.45) is 4.99 Å². The molecule has 5 rings (SSSR count).